The zero-order valence-electron chi connectivity index (χ0n) is 14.5. The zero-order chi connectivity index (χ0) is 16.8. The van der Waals surface area contributed by atoms with Crippen LogP contribution >= 0.6 is 0 Å². The van der Waals surface area contributed by atoms with Gasteiger partial charge in [0.1, 0.15) is 5.84 Å². The summed E-state index contributed by atoms with van der Waals surface area (Å²) in [7, 11) is 0. The first-order chi connectivity index (χ1) is 10.9. The lowest BCUT2D eigenvalue weighted by molar-refractivity contribution is 0.540. The van der Waals surface area contributed by atoms with E-state index in [1.807, 2.05) is 13.8 Å². The van der Waals surface area contributed by atoms with Gasteiger partial charge in [-0.2, -0.15) is 0 Å². The van der Waals surface area contributed by atoms with Crippen LogP contribution < -0.4 is 11.0 Å². The molecule has 0 amide bonds. The molecule has 1 heterocycles. The lowest BCUT2D eigenvalue weighted by atomic mass is 9.98. The predicted octanol–water partition coefficient (Wildman–Crippen LogP) is 2.95. The summed E-state index contributed by atoms with van der Waals surface area (Å²) < 4.78 is 3.35. The molecule has 0 saturated heterocycles. The molecule has 2 aliphatic rings. The van der Waals surface area contributed by atoms with Crippen LogP contribution in [-0.4, -0.2) is 15.0 Å². The van der Waals surface area contributed by atoms with E-state index in [9.17, 15) is 4.79 Å². The Hall–Kier alpha value is -1.65. The van der Waals surface area contributed by atoms with E-state index in [1.54, 1.807) is 9.13 Å². The summed E-state index contributed by atoms with van der Waals surface area (Å²) in [5.41, 5.74) is 1.45. The third-order valence-electron chi connectivity index (χ3n) is 5.76. The second-order valence-corrected chi connectivity index (χ2v) is 7.30. The number of nitrogens with zero attached hydrogens (tertiary/aromatic N) is 2. The summed E-state index contributed by atoms with van der Waals surface area (Å²) in [6.45, 7) is 6.71. The van der Waals surface area contributed by atoms with Gasteiger partial charge >= 0.3 is 0 Å². The Morgan fingerprint density at radius 1 is 1.22 bits per heavy atom. The molecule has 0 aliphatic heterocycles. The molecule has 3 rings (SSSR count). The SMILES string of the molecule is CCCCCn1c(C)c(C)n(C(=N)C2(C3CC3)CC2)c(=N)c1=O. The fourth-order valence-electron chi connectivity index (χ4n) is 3.80. The average Bonchev–Trinajstić information content (AvgIpc) is 3.39. The Balaban J connectivity index is 2.01. The Kier molecular flexibility index (Phi) is 4.07. The first-order valence-corrected chi connectivity index (χ1v) is 8.91. The molecule has 2 aliphatic carbocycles. The largest absolute Gasteiger partial charge is 0.308 e. The molecular formula is C18H28N4O. The summed E-state index contributed by atoms with van der Waals surface area (Å²) in [4.78, 5) is 12.7. The molecule has 5 heteroatoms. The third kappa shape index (κ3) is 2.60. The monoisotopic (exact) mass is 316 g/mol. The Morgan fingerprint density at radius 2 is 1.87 bits per heavy atom. The van der Waals surface area contributed by atoms with Crippen LogP contribution in [0.1, 0.15) is 63.3 Å². The molecule has 0 bridgehead atoms. The minimum absolute atomic E-state index is 0.0403. The van der Waals surface area contributed by atoms with E-state index in [1.165, 1.54) is 12.8 Å². The molecule has 23 heavy (non-hydrogen) atoms. The standard InChI is InChI=1S/C18H28N4O/c1-4-5-6-11-21-12(2)13(3)22(15(19)16(21)23)17(20)18(9-10-18)14-7-8-14/h14,19-20H,4-11H2,1-3H3. The maximum absolute atomic E-state index is 12.7. The van der Waals surface area contributed by atoms with E-state index in [2.05, 4.69) is 6.92 Å². The van der Waals surface area contributed by atoms with E-state index in [-0.39, 0.29) is 16.5 Å². The zero-order valence-corrected chi connectivity index (χ0v) is 14.5. The molecule has 2 fully saturated rings. The average molecular weight is 316 g/mol. The van der Waals surface area contributed by atoms with Crippen LogP contribution in [0.3, 0.4) is 0 Å². The number of hydrogen-bond acceptors (Lipinski definition) is 3. The van der Waals surface area contributed by atoms with Crippen molar-refractivity contribution in [3.8, 4) is 0 Å². The number of rotatable bonds is 6. The number of nitrogens with one attached hydrogen (secondary N) is 2. The van der Waals surface area contributed by atoms with Gasteiger partial charge in [0.05, 0.1) is 0 Å². The van der Waals surface area contributed by atoms with Crippen LogP contribution in [0.4, 0.5) is 0 Å². The van der Waals surface area contributed by atoms with Crippen LogP contribution in [-0.2, 0) is 6.54 Å². The quantitative estimate of drug-likeness (QED) is 0.472. The van der Waals surface area contributed by atoms with E-state index >= 15 is 0 Å². The maximum Gasteiger partial charge on any atom is 0.293 e. The molecule has 0 radical (unpaired) electrons. The first-order valence-electron chi connectivity index (χ1n) is 8.91. The molecule has 0 unspecified atom stereocenters. The van der Waals surface area contributed by atoms with Gasteiger partial charge in [0, 0.05) is 23.3 Å². The van der Waals surface area contributed by atoms with E-state index in [4.69, 9.17) is 10.8 Å². The van der Waals surface area contributed by atoms with Gasteiger partial charge in [-0.3, -0.25) is 20.2 Å². The Morgan fingerprint density at radius 3 is 2.39 bits per heavy atom. The van der Waals surface area contributed by atoms with Crippen molar-refractivity contribution in [1.82, 2.24) is 9.13 Å². The van der Waals surface area contributed by atoms with Gasteiger partial charge in [0.2, 0.25) is 0 Å². The molecule has 126 valence electrons. The lowest BCUT2D eigenvalue weighted by Gasteiger charge is -2.23. The van der Waals surface area contributed by atoms with Crippen molar-refractivity contribution < 1.29 is 0 Å². The summed E-state index contributed by atoms with van der Waals surface area (Å²) in [5.74, 6) is 1.09. The molecule has 0 atom stereocenters. The first kappa shape index (κ1) is 16.2. The topological polar surface area (TPSA) is 74.6 Å². The van der Waals surface area contributed by atoms with Gasteiger partial charge in [0.25, 0.3) is 5.56 Å². The van der Waals surface area contributed by atoms with Gasteiger partial charge < -0.3 is 4.57 Å². The van der Waals surface area contributed by atoms with E-state index < -0.39 is 0 Å². The molecule has 0 aromatic carbocycles. The van der Waals surface area contributed by atoms with Crippen LogP contribution in [0.25, 0.3) is 0 Å². The Bertz CT molecular complexity index is 748. The fourth-order valence-corrected chi connectivity index (χ4v) is 3.80. The van der Waals surface area contributed by atoms with Gasteiger partial charge in [0.15, 0.2) is 5.49 Å². The highest BCUT2D eigenvalue weighted by atomic mass is 16.1. The van der Waals surface area contributed by atoms with E-state index in [0.29, 0.717) is 18.3 Å². The normalized spacial score (nSPS) is 18.9. The van der Waals surface area contributed by atoms with Crippen molar-refractivity contribution >= 4 is 5.84 Å². The highest BCUT2D eigenvalue weighted by molar-refractivity contribution is 5.91. The van der Waals surface area contributed by atoms with Crippen molar-refractivity contribution in [2.24, 2.45) is 11.3 Å². The minimum Gasteiger partial charge on any atom is -0.308 e. The summed E-state index contributed by atoms with van der Waals surface area (Å²) in [5, 5.41) is 17.0. The summed E-state index contributed by atoms with van der Waals surface area (Å²) in [6.07, 6.45) is 7.64. The van der Waals surface area contributed by atoms with Gasteiger partial charge in [-0.25, -0.2) is 0 Å². The number of unbranched alkanes of at least 4 members (excludes halogenated alkanes) is 2. The third-order valence-corrected chi connectivity index (χ3v) is 5.76. The van der Waals surface area contributed by atoms with Crippen LogP contribution in [0.15, 0.2) is 4.79 Å². The predicted molar refractivity (Wildman–Crippen MR) is 91.1 cm³/mol. The maximum atomic E-state index is 12.7. The molecule has 2 N–H and O–H groups in total. The summed E-state index contributed by atoms with van der Waals surface area (Å²) in [6, 6.07) is 0. The van der Waals surface area contributed by atoms with Gasteiger partial charge in [-0.15, -0.1) is 0 Å². The van der Waals surface area contributed by atoms with Crippen LogP contribution in [0.5, 0.6) is 0 Å². The van der Waals surface area contributed by atoms with Crippen molar-refractivity contribution in [2.45, 2.75) is 72.3 Å². The molecule has 1 aromatic heterocycles. The molecular weight excluding hydrogens is 288 g/mol. The molecule has 2 saturated carbocycles. The molecule has 0 spiro atoms. The minimum atomic E-state index is -0.249. The van der Waals surface area contributed by atoms with Gasteiger partial charge in [-0.1, -0.05) is 19.8 Å². The van der Waals surface area contributed by atoms with Crippen molar-refractivity contribution in [3.63, 3.8) is 0 Å². The molecule has 5 nitrogen and oxygen atoms in total. The van der Waals surface area contributed by atoms with Crippen molar-refractivity contribution in [3.05, 3.63) is 27.2 Å². The van der Waals surface area contributed by atoms with Crippen LogP contribution in [0, 0.1) is 36.0 Å². The fraction of sp³-hybridized carbons (Fsp3) is 0.722. The van der Waals surface area contributed by atoms with Crippen LogP contribution in [0.2, 0.25) is 0 Å². The second kappa shape index (κ2) is 5.77. The van der Waals surface area contributed by atoms with E-state index in [0.717, 1.165) is 43.5 Å². The highest BCUT2D eigenvalue weighted by Crippen LogP contribution is 2.61. The van der Waals surface area contributed by atoms with Gasteiger partial charge in [-0.05, 0) is 51.9 Å². The lowest BCUT2D eigenvalue weighted by Crippen LogP contribution is -2.48. The van der Waals surface area contributed by atoms with Crippen molar-refractivity contribution in [1.29, 1.82) is 10.8 Å². The number of aromatic nitrogens is 2. The smallest absolute Gasteiger partial charge is 0.293 e. The highest BCUT2D eigenvalue weighted by Gasteiger charge is 2.57. The number of hydrogen-bond donors (Lipinski definition) is 2. The second-order valence-electron chi connectivity index (χ2n) is 7.30. The molecule has 1 aromatic rings. The summed E-state index contributed by atoms with van der Waals surface area (Å²) >= 11 is 0. The Labute approximate surface area is 137 Å². The van der Waals surface area contributed by atoms with Crippen molar-refractivity contribution in [2.75, 3.05) is 0 Å².